The Hall–Kier alpha value is -2.04. The lowest BCUT2D eigenvalue weighted by atomic mass is 10.1. The molecule has 5 heteroatoms. The highest BCUT2D eigenvalue weighted by atomic mass is 16.5. The summed E-state index contributed by atoms with van der Waals surface area (Å²) < 4.78 is 5.45. The maximum atomic E-state index is 11.9. The third-order valence-electron chi connectivity index (χ3n) is 2.60. The minimum absolute atomic E-state index is 0.170. The van der Waals surface area contributed by atoms with Crippen LogP contribution in [0.15, 0.2) is 18.2 Å². The molecule has 2 rings (SSSR count). The highest BCUT2D eigenvalue weighted by molar-refractivity contribution is 5.97. The van der Waals surface area contributed by atoms with Gasteiger partial charge in [-0.3, -0.25) is 9.59 Å². The summed E-state index contributed by atoms with van der Waals surface area (Å²) in [5.41, 5.74) is 1.63. The number of hydrogen-bond acceptors (Lipinski definition) is 3. The van der Waals surface area contributed by atoms with Crippen LogP contribution in [0.5, 0.6) is 5.75 Å². The van der Waals surface area contributed by atoms with Crippen LogP contribution in [0.25, 0.3) is 0 Å². The van der Waals surface area contributed by atoms with Gasteiger partial charge in [-0.05, 0) is 11.6 Å². The Labute approximate surface area is 99.2 Å². The van der Waals surface area contributed by atoms with Crippen LogP contribution in [-0.4, -0.2) is 32.0 Å². The summed E-state index contributed by atoms with van der Waals surface area (Å²) in [4.78, 5) is 21.9. The quantitative estimate of drug-likeness (QED) is 0.561. The molecular formula is C12H14N2O3. The number of hydrogen-bond donors (Lipinski definition) is 2. The van der Waals surface area contributed by atoms with E-state index in [1.807, 2.05) is 12.1 Å². The molecule has 1 aromatic carbocycles. The fourth-order valence-electron chi connectivity index (χ4n) is 1.80. The van der Waals surface area contributed by atoms with Gasteiger partial charge in [0.2, 0.25) is 6.41 Å². The predicted molar refractivity (Wildman–Crippen MR) is 62.0 cm³/mol. The molecule has 0 aliphatic carbocycles. The van der Waals surface area contributed by atoms with Gasteiger partial charge in [-0.2, -0.15) is 0 Å². The van der Waals surface area contributed by atoms with E-state index in [0.29, 0.717) is 37.4 Å². The molecule has 0 fully saturated rings. The van der Waals surface area contributed by atoms with Crippen molar-refractivity contribution in [2.24, 2.45) is 0 Å². The highest BCUT2D eigenvalue weighted by Crippen LogP contribution is 2.29. The van der Waals surface area contributed by atoms with Gasteiger partial charge in [0.25, 0.3) is 5.91 Å². The van der Waals surface area contributed by atoms with E-state index in [2.05, 4.69) is 10.6 Å². The van der Waals surface area contributed by atoms with E-state index in [-0.39, 0.29) is 5.91 Å². The molecule has 90 valence electrons. The first-order valence-electron chi connectivity index (χ1n) is 5.53. The monoisotopic (exact) mass is 234 g/mol. The Morgan fingerprint density at radius 2 is 2.29 bits per heavy atom. The van der Waals surface area contributed by atoms with Gasteiger partial charge in [-0.15, -0.1) is 0 Å². The molecule has 0 aromatic heterocycles. The van der Waals surface area contributed by atoms with E-state index >= 15 is 0 Å². The largest absolute Gasteiger partial charge is 0.492 e. The van der Waals surface area contributed by atoms with E-state index in [4.69, 9.17) is 4.74 Å². The van der Waals surface area contributed by atoms with Crippen molar-refractivity contribution in [1.82, 2.24) is 10.6 Å². The summed E-state index contributed by atoms with van der Waals surface area (Å²) in [6.45, 7) is 1.46. The van der Waals surface area contributed by atoms with Crippen LogP contribution in [-0.2, 0) is 11.2 Å². The summed E-state index contributed by atoms with van der Waals surface area (Å²) in [5.74, 6) is 0.518. The molecule has 0 saturated carbocycles. The molecule has 5 nitrogen and oxygen atoms in total. The average molecular weight is 234 g/mol. The van der Waals surface area contributed by atoms with Crippen LogP contribution in [0, 0.1) is 0 Å². The Balaban J connectivity index is 2.00. The first kappa shape index (κ1) is 11.4. The van der Waals surface area contributed by atoms with E-state index in [1.165, 1.54) is 0 Å². The zero-order chi connectivity index (χ0) is 12.1. The normalized spacial score (nSPS) is 12.5. The zero-order valence-corrected chi connectivity index (χ0v) is 9.36. The fraction of sp³-hybridized carbons (Fsp3) is 0.333. The minimum atomic E-state index is -0.170. The number of amides is 2. The number of rotatable bonds is 5. The number of carbonyl (C=O) groups excluding carboxylic acids is 2. The van der Waals surface area contributed by atoms with Gasteiger partial charge in [0.05, 0.1) is 12.2 Å². The van der Waals surface area contributed by atoms with Gasteiger partial charge in [-0.25, -0.2) is 0 Å². The van der Waals surface area contributed by atoms with E-state index in [9.17, 15) is 9.59 Å². The Morgan fingerprint density at radius 3 is 3.12 bits per heavy atom. The number of para-hydroxylation sites is 1. The summed E-state index contributed by atoms with van der Waals surface area (Å²) in [5, 5.41) is 5.20. The smallest absolute Gasteiger partial charge is 0.255 e. The van der Waals surface area contributed by atoms with E-state index in [1.54, 1.807) is 6.07 Å². The Bertz CT molecular complexity index is 432. The summed E-state index contributed by atoms with van der Waals surface area (Å²) in [6.07, 6.45) is 1.46. The van der Waals surface area contributed by atoms with Crippen molar-refractivity contribution in [3.8, 4) is 5.75 Å². The first-order valence-corrected chi connectivity index (χ1v) is 5.53. The molecule has 1 aliphatic rings. The van der Waals surface area contributed by atoms with Crippen molar-refractivity contribution in [2.45, 2.75) is 6.42 Å². The average Bonchev–Trinajstić information content (AvgIpc) is 2.82. The van der Waals surface area contributed by atoms with Gasteiger partial charge in [-0.1, -0.05) is 12.1 Å². The van der Waals surface area contributed by atoms with E-state index < -0.39 is 0 Å². The third-order valence-corrected chi connectivity index (χ3v) is 2.60. The SMILES string of the molecule is O=CNCCNC(=O)c1cccc2c1OCC2. The maximum absolute atomic E-state index is 11.9. The molecule has 0 radical (unpaired) electrons. The summed E-state index contributed by atoms with van der Waals surface area (Å²) in [7, 11) is 0. The lowest BCUT2D eigenvalue weighted by Gasteiger charge is -2.08. The van der Waals surface area contributed by atoms with Crippen molar-refractivity contribution in [2.75, 3.05) is 19.7 Å². The number of ether oxygens (including phenoxy) is 1. The second kappa shape index (κ2) is 5.34. The van der Waals surface area contributed by atoms with Gasteiger partial charge in [0.15, 0.2) is 0 Å². The van der Waals surface area contributed by atoms with Gasteiger partial charge < -0.3 is 15.4 Å². The van der Waals surface area contributed by atoms with Crippen molar-refractivity contribution in [3.63, 3.8) is 0 Å². The van der Waals surface area contributed by atoms with Crippen LogP contribution < -0.4 is 15.4 Å². The lowest BCUT2D eigenvalue weighted by Crippen LogP contribution is -2.31. The Morgan fingerprint density at radius 1 is 1.41 bits per heavy atom. The van der Waals surface area contributed by atoms with Crippen molar-refractivity contribution >= 4 is 12.3 Å². The van der Waals surface area contributed by atoms with E-state index in [0.717, 1.165) is 12.0 Å². The van der Waals surface area contributed by atoms with Crippen molar-refractivity contribution < 1.29 is 14.3 Å². The maximum Gasteiger partial charge on any atom is 0.255 e. The molecule has 0 atom stereocenters. The molecular weight excluding hydrogens is 220 g/mol. The van der Waals surface area contributed by atoms with Crippen LogP contribution in [0.2, 0.25) is 0 Å². The summed E-state index contributed by atoms with van der Waals surface area (Å²) >= 11 is 0. The van der Waals surface area contributed by atoms with Crippen LogP contribution >= 0.6 is 0 Å². The topological polar surface area (TPSA) is 67.4 Å². The number of fused-ring (bicyclic) bond motifs is 1. The second-order valence-corrected chi connectivity index (χ2v) is 3.72. The molecule has 1 aliphatic heterocycles. The van der Waals surface area contributed by atoms with Crippen molar-refractivity contribution in [1.29, 1.82) is 0 Å². The number of benzene rings is 1. The predicted octanol–water partition coefficient (Wildman–Crippen LogP) is 0.0973. The first-order chi connectivity index (χ1) is 8.33. The molecule has 0 unspecified atom stereocenters. The van der Waals surface area contributed by atoms with Crippen molar-refractivity contribution in [3.05, 3.63) is 29.3 Å². The molecule has 2 N–H and O–H groups in total. The molecule has 0 spiro atoms. The molecule has 1 aromatic rings. The third kappa shape index (κ3) is 2.55. The molecule has 17 heavy (non-hydrogen) atoms. The molecule has 0 bridgehead atoms. The van der Waals surface area contributed by atoms with Gasteiger partial charge >= 0.3 is 0 Å². The summed E-state index contributed by atoms with van der Waals surface area (Å²) in [6, 6.07) is 5.56. The standard InChI is InChI=1S/C12H14N2O3/c15-8-13-5-6-14-12(16)10-3-1-2-9-4-7-17-11(9)10/h1-3,8H,4-7H2,(H,13,15)(H,14,16). The number of nitrogens with one attached hydrogen (secondary N) is 2. The highest BCUT2D eigenvalue weighted by Gasteiger charge is 2.19. The van der Waals surface area contributed by atoms with Gasteiger partial charge in [0.1, 0.15) is 5.75 Å². The van der Waals surface area contributed by atoms with Crippen LogP contribution in [0.3, 0.4) is 0 Å². The van der Waals surface area contributed by atoms with Gasteiger partial charge in [0, 0.05) is 19.5 Å². The zero-order valence-electron chi connectivity index (χ0n) is 9.36. The molecule has 2 amide bonds. The molecule has 1 heterocycles. The minimum Gasteiger partial charge on any atom is -0.492 e. The van der Waals surface area contributed by atoms with Crippen LogP contribution in [0.1, 0.15) is 15.9 Å². The Kier molecular flexibility index (Phi) is 3.59. The number of carbonyl (C=O) groups is 2. The second-order valence-electron chi connectivity index (χ2n) is 3.72. The van der Waals surface area contributed by atoms with Crippen LogP contribution in [0.4, 0.5) is 0 Å². The fourth-order valence-corrected chi connectivity index (χ4v) is 1.80. The molecule has 0 saturated heterocycles. The lowest BCUT2D eigenvalue weighted by molar-refractivity contribution is -0.109.